The maximum atomic E-state index is 12.6. The summed E-state index contributed by atoms with van der Waals surface area (Å²) in [6.45, 7) is 2.91. The number of hydrogen-bond donors (Lipinski definition) is 1. The number of alkyl halides is 3. The predicted octanol–water partition coefficient (Wildman–Crippen LogP) is 2.48. The highest BCUT2D eigenvalue weighted by molar-refractivity contribution is 6.32. The highest BCUT2D eigenvalue weighted by Crippen LogP contribution is 2.32. The average Bonchev–Trinajstić information content (AvgIpc) is 2.85. The molecule has 0 spiro atoms. The highest BCUT2D eigenvalue weighted by Gasteiger charge is 2.35. The maximum absolute atomic E-state index is 12.6. The van der Waals surface area contributed by atoms with Crippen molar-refractivity contribution in [2.45, 2.75) is 19.5 Å². The van der Waals surface area contributed by atoms with E-state index in [-0.39, 0.29) is 17.0 Å². The Morgan fingerprint density at radius 2 is 2.24 bits per heavy atom. The average molecular weight is 322 g/mol. The molecule has 1 unspecified atom stereocenters. The van der Waals surface area contributed by atoms with Gasteiger partial charge in [-0.1, -0.05) is 11.6 Å². The van der Waals surface area contributed by atoms with E-state index in [2.05, 4.69) is 4.98 Å². The van der Waals surface area contributed by atoms with Gasteiger partial charge in [-0.15, -0.1) is 0 Å². The second-order valence-corrected chi connectivity index (χ2v) is 5.49. The smallest absolute Gasteiger partial charge is 0.338 e. The van der Waals surface area contributed by atoms with Gasteiger partial charge in [0.25, 0.3) is 5.91 Å². The summed E-state index contributed by atoms with van der Waals surface area (Å²) in [4.78, 5) is 17.3. The lowest BCUT2D eigenvalue weighted by atomic mass is 10.1. The Morgan fingerprint density at radius 3 is 2.71 bits per heavy atom. The number of carbonyl (C=O) groups is 1. The first kappa shape index (κ1) is 16.0. The highest BCUT2D eigenvalue weighted by atomic mass is 35.5. The maximum Gasteiger partial charge on any atom is 0.433 e. The largest absolute Gasteiger partial charge is 0.433 e. The van der Waals surface area contributed by atoms with Crippen molar-refractivity contribution in [2.24, 2.45) is 11.7 Å². The molecule has 2 N–H and O–H groups in total. The second kappa shape index (κ2) is 5.81. The molecule has 4 nitrogen and oxygen atoms in total. The zero-order valence-corrected chi connectivity index (χ0v) is 12.1. The van der Waals surface area contributed by atoms with Crippen LogP contribution >= 0.6 is 11.6 Å². The van der Waals surface area contributed by atoms with E-state index in [1.807, 2.05) is 0 Å². The normalized spacial score (nSPS) is 19.1. The number of pyridine rings is 1. The molecule has 0 bridgehead atoms. The molecule has 1 aliphatic heterocycles. The van der Waals surface area contributed by atoms with E-state index in [4.69, 9.17) is 17.3 Å². The van der Waals surface area contributed by atoms with Gasteiger partial charge >= 0.3 is 6.18 Å². The summed E-state index contributed by atoms with van der Waals surface area (Å²) in [6.07, 6.45) is -3.80. The summed E-state index contributed by atoms with van der Waals surface area (Å²) >= 11 is 5.80. The monoisotopic (exact) mass is 321 g/mol. The Labute approximate surface area is 125 Å². The fraction of sp³-hybridized carbons (Fsp3) is 0.538. The fourth-order valence-electron chi connectivity index (χ4n) is 2.40. The minimum atomic E-state index is -4.59. The van der Waals surface area contributed by atoms with Gasteiger partial charge in [0.15, 0.2) is 0 Å². The third-order valence-electron chi connectivity index (χ3n) is 3.58. The van der Waals surface area contributed by atoms with Gasteiger partial charge in [-0.05, 0) is 37.4 Å². The van der Waals surface area contributed by atoms with E-state index in [0.717, 1.165) is 12.5 Å². The van der Waals surface area contributed by atoms with E-state index < -0.39 is 22.9 Å². The van der Waals surface area contributed by atoms with Crippen LogP contribution in [0.1, 0.15) is 28.0 Å². The molecule has 0 aromatic carbocycles. The van der Waals surface area contributed by atoms with E-state index in [1.165, 1.54) is 6.92 Å². The van der Waals surface area contributed by atoms with Crippen molar-refractivity contribution in [2.75, 3.05) is 19.6 Å². The van der Waals surface area contributed by atoms with Crippen LogP contribution in [0.3, 0.4) is 0 Å². The van der Waals surface area contributed by atoms with Crippen LogP contribution in [0.25, 0.3) is 0 Å². The zero-order valence-electron chi connectivity index (χ0n) is 11.4. The van der Waals surface area contributed by atoms with Crippen LogP contribution in [0.15, 0.2) is 6.07 Å². The molecule has 1 aromatic rings. The molecule has 1 fully saturated rings. The molecule has 2 heterocycles. The van der Waals surface area contributed by atoms with Crippen LogP contribution in [0.2, 0.25) is 5.15 Å². The molecule has 0 radical (unpaired) electrons. The molecule has 1 saturated heterocycles. The molecule has 0 aliphatic carbocycles. The minimum absolute atomic E-state index is 0.0299. The quantitative estimate of drug-likeness (QED) is 0.851. The summed E-state index contributed by atoms with van der Waals surface area (Å²) in [6, 6.07) is 0.843. The number of aryl methyl sites for hydroxylation is 1. The standard InChI is InChI=1S/C13H15ClF3N3O/c1-7-4-9(13(15,16)17)19-11(14)10(7)12(21)20-3-2-8(5-18)6-20/h4,8H,2-3,5-6,18H2,1H3. The van der Waals surface area contributed by atoms with Gasteiger partial charge in [0.1, 0.15) is 10.8 Å². The lowest BCUT2D eigenvalue weighted by Crippen LogP contribution is -2.31. The van der Waals surface area contributed by atoms with Crippen LogP contribution in [0, 0.1) is 12.8 Å². The zero-order chi connectivity index (χ0) is 15.8. The molecule has 1 atom stereocenters. The summed E-state index contributed by atoms with van der Waals surface area (Å²) in [7, 11) is 0. The molecular formula is C13H15ClF3N3O. The van der Waals surface area contributed by atoms with Crippen molar-refractivity contribution >= 4 is 17.5 Å². The lowest BCUT2D eigenvalue weighted by Gasteiger charge is -2.19. The van der Waals surface area contributed by atoms with Gasteiger partial charge in [-0.2, -0.15) is 13.2 Å². The third kappa shape index (κ3) is 3.29. The number of amides is 1. The minimum Gasteiger partial charge on any atom is -0.338 e. The van der Waals surface area contributed by atoms with Gasteiger partial charge in [0.05, 0.1) is 5.56 Å². The second-order valence-electron chi connectivity index (χ2n) is 5.13. The number of aromatic nitrogens is 1. The van der Waals surface area contributed by atoms with E-state index in [1.54, 1.807) is 4.90 Å². The van der Waals surface area contributed by atoms with Gasteiger partial charge in [0, 0.05) is 13.1 Å². The molecule has 116 valence electrons. The lowest BCUT2D eigenvalue weighted by molar-refractivity contribution is -0.141. The molecular weight excluding hydrogens is 307 g/mol. The van der Waals surface area contributed by atoms with Crippen LogP contribution in [0.5, 0.6) is 0 Å². The SMILES string of the molecule is Cc1cc(C(F)(F)F)nc(Cl)c1C(=O)N1CCC(CN)C1. The summed E-state index contributed by atoms with van der Waals surface area (Å²) < 4.78 is 37.9. The number of nitrogens with zero attached hydrogens (tertiary/aromatic N) is 2. The Kier molecular flexibility index (Phi) is 4.43. The topological polar surface area (TPSA) is 59.2 Å². The van der Waals surface area contributed by atoms with Crippen LogP contribution in [0.4, 0.5) is 13.2 Å². The first-order valence-corrected chi connectivity index (χ1v) is 6.85. The van der Waals surface area contributed by atoms with Gasteiger partial charge < -0.3 is 10.6 Å². The van der Waals surface area contributed by atoms with Crippen LogP contribution < -0.4 is 5.73 Å². The molecule has 0 saturated carbocycles. The molecule has 2 rings (SSSR count). The van der Waals surface area contributed by atoms with Crippen LogP contribution in [-0.2, 0) is 6.18 Å². The summed E-state index contributed by atoms with van der Waals surface area (Å²) in [5.41, 5.74) is 4.67. The van der Waals surface area contributed by atoms with Crippen molar-refractivity contribution in [3.05, 3.63) is 28.0 Å². The molecule has 1 aromatic heterocycles. The van der Waals surface area contributed by atoms with E-state index in [9.17, 15) is 18.0 Å². The number of nitrogens with two attached hydrogens (primary N) is 1. The molecule has 1 aliphatic rings. The first-order valence-electron chi connectivity index (χ1n) is 6.47. The first-order chi connectivity index (χ1) is 9.74. The van der Waals surface area contributed by atoms with Crippen molar-refractivity contribution in [1.82, 2.24) is 9.88 Å². The van der Waals surface area contributed by atoms with E-state index in [0.29, 0.717) is 19.6 Å². The molecule has 21 heavy (non-hydrogen) atoms. The number of carbonyl (C=O) groups excluding carboxylic acids is 1. The van der Waals surface area contributed by atoms with Gasteiger partial charge in [-0.25, -0.2) is 4.98 Å². The van der Waals surface area contributed by atoms with Crippen molar-refractivity contribution in [3.8, 4) is 0 Å². The number of hydrogen-bond acceptors (Lipinski definition) is 3. The Bertz CT molecular complexity index is 539. The van der Waals surface area contributed by atoms with Crippen molar-refractivity contribution in [3.63, 3.8) is 0 Å². The Balaban J connectivity index is 2.30. The third-order valence-corrected chi connectivity index (χ3v) is 3.86. The Morgan fingerprint density at radius 1 is 1.57 bits per heavy atom. The van der Waals surface area contributed by atoms with Gasteiger partial charge in [-0.3, -0.25) is 4.79 Å². The van der Waals surface area contributed by atoms with Crippen LogP contribution in [-0.4, -0.2) is 35.4 Å². The number of halogens is 4. The number of likely N-dealkylation sites (tertiary alicyclic amines) is 1. The van der Waals surface area contributed by atoms with Crippen molar-refractivity contribution < 1.29 is 18.0 Å². The van der Waals surface area contributed by atoms with Gasteiger partial charge in [0.2, 0.25) is 0 Å². The molecule has 8 heteroatoms. The van der Waals surface area contributed by atoms with E-state index >= 15 is 0 Å². The predicted molar refractivity (Wildman–Crippen MR) is 72.1 cm³/mol. The number of rotatable bonds is 2. The Hall–Kier alpha value is -1.34. The molecule has 1 amide bonds. The summed E-state index contributed by atoms with van der Waals surface area (Å²) in [5, 5.41) is -0.413. The summed E-state index contributed by atoms with van der Waals surface area (Å²) in [5.74, 6) is -0.176. The fourth-order valence-corrected chi connectivity index (χ4v) is 2.72. The van der Waals surface area contributed by atoms with Crippen molar-refractivity contribution in [1.29, 1.82) is 0 Å².